The summed E-state index contributed by atoms with van der Waals surface area (Å²) in [5.74, 6) is 0.948. The van der Waals surface area contributed by atoms with E-state index in [1.165, 1.54) is 5.56 Å². The van der Waals surface area contributed by atoms with Crippen molar-refractivity contribution in [3.05, 3.63) is 40.4 Å². The van der Waals surface area contributed by atoms with Gasteiger partial charge in [0.2, 0.25) is 0 Å². The number of anilines is 1. The standard InChI is InChI=1S/C12H11N3OS/c13-10-5-8-9-6-14-3-1-7(9)2-4-17-12(8)15-11(10)16/h1,3,5-6H,2,4,13H2,(H,15,16). The van der Waals surface area contributed by atoms with Crippen LogP contribution in [0.1, 0.15) is 5.56 Å². The minimum Gasteiger partial charge on any atom is -0.394 e. The Morgan fingerprint density at radius 1 is 1.41 bits per heavy atom. The molecule has 0 spiro atoms. The van der Waals surface area contributed by atoms with Gasteiger partial charge in [0.05, 0.1) is 10.7 Å². The van der Waals surface area contributed by atoms with Gasteiger partial charge >= 0.3 is 0 Å². The number of fused-ring (bicyclic) bond motifs is 3. The molecule has 0 atom stereocenters. The Morgan fingerprint density at radius 3 is 3.18 bits per heavy atom. The van der Waals surface area contributed by atoms with E-state index in [4.69, 9.17) is 5.73 Å². The van der Waals surface area contributed by atoms with Crippen molar-refractivity contribution < 1.29 is 0 Å². The molecule has 0 saturated heterocycles. The van der Waals surface area contributed by atoms with E-state index in [1.807, 2.05) is 12.3 Å². The predicted molar refractivity (Wildman–Crippen MR) is 69.1 cm³/mol. The van der Waals surface area contributed by atoms with E-state index >= 15 is 0 Å². The maximum Gasteiger partial charge on any atom is 0.271 e. The third-order valence-corrected chi connectivity index (χ3v) is 3.87. The molecule has 3 rings (SSSR count). The van der Waals surface area contributed by atoms with Gasteiger partial charge in [-0.2, -0.15) is 0 Å². The molecule has 1 aliphatic rings. The number of thioether (sulfide) groups is 1. The number of nitrogen functional groups attached to an aromatic ring is 1. The van der Waals surface area contributed by atoms with Gasteiger partial charge in [-0.1, -0.05) is 0 Å². The maximum atomic E-state index is 11.5. The van der Waals surface area contributed by atoms with Crippen molar-refractivity contribution in [2.75, 3.05) is 11.5 Å². The monoisotopic (exact) mass is 245 g/mol. The van der Waals surface area contributed by atoms with E-state index < -0.39 is 0 Å². The molecule has 5 heteroatoms. The van der Waals surface area contributed by atoms with E-state index in [0.717, 1.165) is 28.3 Å². The highest BCUT2D eigenvalue weighted by Crippen LogP contribution is 2.35. The van der Waals surface area contributed by atoms with E-state index in [-0.39, 0.29) is 11.2 Å². The zero-order chi connectivity index (χ0) is 11.8. The van der Waals surface area contributed by atoms with Gasteiger partial charge in [0.25, 0.3) is 5.56 Å². The molecule has 3 N–H and O–H groups in total. The summed E-state index contributed by atoms with van der Waals surface area (Å²) in [6.07, 6.45) is 4.60. The minimum absolute atomic E-state index is 0.219. The Morgan fingerprint density at radius 2 is 2.29 bits per heavy atom. The van der Waals surface area contributed by atoms with E-state index in [0.29, 0.717) is 0 Å². The summed E-state index contributed by atoms with van der Waals surface area (Å²) in [7, 11) is 0. The van der Waals surface area contributed by atoms with Crippen LogP contribution in [0.4, 0.5) is 5.69 Å². The molecular weight excluding hydrogens is 234 g/mol. The fraction of sp³-hybridized carbons (Fsp3) is 0.167. The Kier molecular flexibility index (Phi) is 2.40. The van der Waals surface area contributed by atoms with Crippen LogP contribution in [0.3, 0.4) is 0 Å². The van der Waals surface area contributed by atoms with Crippen LogP contribution >= 0.6 is 11.8 Å². The van der Waals surface area contributed by atoms with Crippen molar-refractivity contribution in [2.45, 2.75) is 11.4 Å². The SMILES string of the molecule is Nc1cc2c([nH]c1=O)SCCc1ccncc1-2. The van der Waals surface area contributed by atoms with E-state index in [1.54, 1.807) is 24.0 Å². The van der Waals surface area contributed by atoms with Crippen molar-refractivity contribution in [2.24, 2.45) is 0 Å². The number of hydrogen-bond acceptors (Lipinski definition) is 4. The van der Waals surface area contributed by atoms with Crippen LogP contribution in [0.25, 0.3) is 11.1 Å². The molecule has 3 heterocycles. The lowest BCUT2D eigenvalue weighted by Crippen LogP contribution is -2.12. The molecule has 0 bridgehead atoms. The normalized spacial score (nSPS) is 13.6. The number of nitrogens with one attached hydrogen (secondary N) is 1. The average molecular weight is 245 g/mol. The topological polar surface area (TPSA) is 71.8 Å². The van der Waals surface area contributed by atoms with Crippen molar-refractivity contribution >= 4 is 17.4 Å². The number of aromatic nitrogens is 2. The number of hydrogen-bond donors (Lipinski definition) is 2. The second-order valence-electron chi connectivity index (χ2n) is 3.93. The van der Waals surface area contributed by atoms with Crippen LogP contribution in [0.5, 0.6) is 0 Å². The van der Waals surface area contributed by atoms with Crippen molar-refractivity contribution in [3.63, 3.8) is 0 Å². The van der Waals surface area contributed by atoms with Gasteiger partial charge in [-0.05, 0) is 24.1 Å². The van der Waals surface area contributed by atoms with Crippen LogP contribution in [0.2, 0.25) is 0 Å². The molecule has 0 saturated carbocycles. The van der Waals surface area contributed by atoms with Crippen molar-refractivity contribution in [3.8, 4) is 11.1 Å². The third kappa shape index (κ3) is 1.72. The molecule has 2 aromatic heterocycles. The summed E-state index contributed by atoms with van der Waals surface area (Å²) in [4.78, 5) is 18.5. The zero-order valence-electron chi connectivity index (χ0n) is 9.06. The Labute approximate surface area is 102 Å². The molecule has 0 aromatic carbocycles. The van der Waals surface area contributed by atoms with Crippen LogP contribution in [-0.4, -0.2) is 15.7 Å². The Hall–Kier alpha value is -1.75. The molecule has 86 valence electrons. The molecule has 0 aliphatic carbocycles. The number of rotatable bonds is 0. The number of pyridine rings is 2. The lowest BCUT2D eigenvalue weighted by molar-refractivity contribution is 1.09. The van der Waals surface area contributed by atoms with Crippen LogP contribution in [0.15, 0.2) is 34.3 Å². The second-order valence-corrected chi connectivity index (χ2v) is 5.03. The summed E-state index contributed by atoms with van der Waals surface area (Å²) in [6.45, 7) is 0. The molecule has 0 fully saturated rings. The van der Waals surface area contributed by atoms with Crippen molar-refractivity contribution in [1.82, 2.24) is 9.97 Å². The first kappa shape index (κ1) is 10.4. The Bertz CT molecular complexity index is 636. The summed E-state index contributed by atoms with van der Waals surface area (Å²) in [5, 5.41) is 0.885. The molecule has 17 heavy (non-hydrogen) atoms. The van der Waals surface area contributed by atoms with E-state index in [2.05, 4.69) is 9.97 Å². The number of H-pyrrole nitrogens is 1. The van der Waals surface area contributed by atoms with Gasteiger partial charge in [0.15, 0.2) is 0 Å². The molecule has 0 unspecified atom stereocenters. The fourth-order valence-corrected chi connectivity index (χ4v) is 3.01. The summed E-state index contributed by atoms with van der Waals surface area (Å²) in [5.41, 5.74) is 9.00. The smallest absolute Gasteiger partial charge is 0.271 e. The highest BCUT2D eigenvalue weighted by molar-refractivity contribution is 7.99. The molecule has 1 aliphatic heterocycles. The molecular formula is C12H11N3OS. The highest BCUT2D eigenvalue weighted by atomic mass is 32.2. The number of nitrogens with two attached hydrogens (primary N) is 1. The van der Waals surface area contributed by atoms with Gasteiger partial charge < -0.3 is 10.7 Å². The lowest BCUT2D eigenvalue weighted by atomic mass is 10.0. The molecule has 2 aromatic rings. The fourth-order valence-electron chi connectivity index (χ4n) is 1.99. The summed E-state index contributed by atoms with van der Waals surface area (Å²) >= 11 is 1.65. The highest BCUT2D eigenvalue weighted by Gasteiger charge is 2.16. The maximum absolute atomic E-state index is 11.5. The van der Waals surface area contributed by atoms with Gasteiger partial charge in [-0.25, -0.2) is 0 Å². The lowest BCUT2D eigenvalue weighted by Gasteiger charge is -2.08. The van der Waals surface area contributed by atoms with Crippen LogP contribution < -0.4 is 11.3 Å². The largest absolute Gasteiger partial charge is 0.394 e. The quantitative estimate of drug-likeness (QED) is 0.740. The number of aromatic amines is 1. The molecule has 0 amide bonds. The Balaban J connectivity index is 2.32. The first-order valence-corrected chi connectivity index (χ1v) is 6.33. The first-order valence-electron chi connectivity index (χ1n) is 5.34. The minimum atomic E-state index is -0.219. The van der Waals surface area contributed by atoms with Gasteiger partial charge in [-0.15, -0.1) is 11.8 Å². The van der Waals surface area contributed by atoms with Crippen LogP contribution in [-0.2, 0) is 6.42 Å². The zero-order valence-corrected chi connectivity index (χ0v) is 9.88. The third-order valence-electron chi connectivity index (χ3n) is 2.85. The van der Waals surface area contributed by atoms with Gasteiger partial charge in [-0.3, -0.25) is 9.78 Å². The number of aryl methyl sites for hydroxylation is 1. The first-order chi connectivity index (χ1) is 8.25. The summed E-state index contributed by atoms with van der Waals surface area (Å²) in [6, 6.07) is 3.76. The summed E-state index contributed by atoms with van der Waals surface area (Å²) < 4.78 is 0. The number of nitrogens with zero attached hydrogens (tertiary/aromatic N) is 1. The molecule has 4 nitrogen and oxygen atoms in total. The predicted octanol–water partition coefficient (Wildman–Crippen LogP) is 1.67. The van der Waals surface area contributed by atoms with Gasteiger partial charge in [0, 0.05) is 29.3 Å². The van der Waals surface area contributed by atoms with Gasteiger partial charge in [0.1, 0.15) is 0 Å². The van der Waals surface area contributed by atoms with Crippen LogP contribution in [0, 0.1) is 0 Å². The molecule has 0 radical (unpaired) electrons. The average Bonchev–Trinajstić information content (AvgIpc) is 2.50. The second kappa shape index (κ2) is 3.92. The van der Waals surface area contributed by atoms with E-state index in [9.17, 15) is 4.79 Å². The van der Waals surface area contributed by atoms with Crippen molar-refractivity contribution in [1.29, 1.82) is 0 Å².